The Morgan fingerprint density at radius 3 is 2.82 bits per heavy atom. The fourth-order valence-corrected chi connectivity index (χ4v) is 2.25. The lowest BCUT2D eigenvalue weighted by atomic mass is 10.3. The number of rotatable bonds is 4. The van der Waals surface area contributed by atoms with E-state index in [-0.39, 0.29) is 6.54 Å². The van der Waals surface area contributed by atoms with E-state index in [1.807, 2.05) is 5.38 Å². The first kappa shape index (κ1) is 12.1. The van der Waals surface area contributed by atoms with Gasteiger partial charge in [-0.1, -0.05) is 4.68 Å². The molecule has 6 nitrogen and oxygen atoms in total. The van der Waals surface area contributed by atoms with Gasteiger partial charge in [0, 0.05) is 23.2 Å². The van der Waals surface area contributed by atoms with E-state index in [9.17, 15) is 13.0 Å². The molecule has 0 radical (unpaired) electrons. The normalized spacial score (nSPS) is 11.6. The molecule has 2 aromatic heterocycles. The van der Waals surface area contributed by atoms with Gasteiger partial charge in [0.05, 0.1) is 5.75 Å². The molecule has 2 rings (SSSR count). The Morgan fingerprint density at radius 1 is 1.47 bits per heavy atom. The second-order valence-electron chi connectivity index (χ2n) is 3.28. The van der Waals surface area contributed by atoms with Crippen molar-refractivity contribution in [3.63, 3.8) is 0 Å². The van der Waals surface area contributed by atoms with E-state index in [0.29, 0.717) is 0 Å². The van der Waals surface area contributed by atoms with Crippen molar-refractivity contribution in [1.29, 1.82) is 0 Å². The molecule has 2 heterocycles. The largest absolute Gasteiger partial charge is 0.748 e. The van der Waals surface area contributed by atoms with Gasteiger partial charge in [0.15, 0.2) is 12.7 Å². The number of thiazole rings is 1. The number of hydrogen-bond acceptors (Lipinski definition) is 6. The lowest BCUT2D eigenvalue weighted by Crippen LogP contribution is -2.40. The van der Waals surface area contributed by atoms with E-state index in [1.54, 1.807) is 24.7 Å². The molecule has 17 heavy (non-hydrogen) atoms. The molecule has 0 fully saturated rings. The van der Waals surface area contributed by atoms with Gasteiger partial charge in [-0.15, -0.1) is 11.3 Å². The zero-order valence-electron chi connectivity index (χ0n) is 8.68. The summed E-state index contributed by atoms with van der Waals surface area (Å²) in [4.78, 5) is 4.12. The Kier molecular flexibility index (Phi) is 3.46. The smallest absolute Gasteiger partial charge is 0.197 e. The predicted octanol–water partition coefficient (Wildman–Crippen LogP) is 0.0378. The van der Waals surface area contributed by atoms with E-state index >= 15 is 0 Å². The maximum absolute atomic E-state index is 10.5. The fourth-order valence-electron chi connectivity index (χ4n) is 1.21. The van der Waals surface area contributed by atoms with E-state index in [4.69, 9.17) is 0 Å². The Labute approximate surface area is 102 Å². The van der Waals surface area contributed by atoms with Crippen molar-refractivity contribution in [2.75, 3.05) is 5.75 Å². The lowest BCUT2D eigenvalue weighted by molar-refractivity contribution is -0.750. The fraction of sp³-hybridized carbons (Fsp3) is 0.222. The van der Waals surface area contributed by atoms with Gasteiger partial charge >= 0.3 is 0 Å². The first-order valence-electron chi connectivity index (χ1n) is 4.74. The minimum absolute atomic E-state index is 0.0595. The highest BCUT2D eigenvalue weighted by atomic mass is 32.2. The van der Waals surface area contributed by atoms with Gasteiger partial charge in [0.25, 0.3) is 0 Å². The van der Waals surface area contributed by atoms with Crippen LogP contribution in [0.5, 0.6) is 0 Å². The average Bonchev–Trinajstić information content (AvgIpc) is 2.79. The molecule has 0 saturated carbocycles. The Hall–Kier alpha value is -1.38. The Bertz CT molecular complexity index is 578. The summed E-state index contributed by atoms with van der Waals surface area (Å²) >= 11 is 1.49. The van der Waals surface area contributed by atoms with Crippen molar-refractivity contribution in [3.8, 4) is 10.6 Å². The molecule has 0 aliphatic heterocycles. The predicted molar refractivity (Wildman–Crippen MR) is 60.1 cm³/mol. The van der Waals surface area contributed by atoms with Crippen molar-refractivity contribution in [2.24, 2.45) is 0 Å². The molecule has 0 aliphatic rings. The number of aromatic nitrogens is 3. The summed E-state index contributed by atoms with van der Waals surface area (Å²) in [5.41, 5.74) is 0.862. The average molecular weight is 271 g/mol. The number of aryl methyl sites for hydroxylation is 1. The first-order chi connectivity index (χ1) is 8.04. The monoisotopic (exact) mass is 271 g/mol. The van der Waals surface area contributed by atoms with Crippen LogP contribution in [0.3, 0.4) is 0 Å². The van der Waals surface area contributed by atoms with E-state index < -0.39 is 15.9 Å². The van der Waals surface area contributed by atoms with Crippen molar-refractivity contribution in [2.45, 2.75) is 6.54 Å². The summed E-state index contributed by atoms with van der Waals surface area (Å²) in [6.45, 7) is 0.0595. The molecule has 0 atom stereocenters. The molecule has 0 spiro atoms. The zero-order chi connectivity index (χ0) is 12.3. The summed E-state index contributed by atoms with van der Waals surface area (Å²) < 4.78 is 32.8. The summed E-state index contributed by atoms with van der Waals surface area (Å²) in [6, 6.07) is 1.78. The van der Waals surface area contributed by atoms with Gasteiger partial charge in [-0.2, -0.15) is 0 Å². The summed E-state index contributed by atoms with van der Waals surface area (Å²) in [7, 11) is -4.20. The molecule has 8 heteroatoms. The topological polar surface area (TPSA) is 86.9 Å². The third-order valence-corrected chi connectivity index (χ3v) is 3.53. The molecule has 0 saturated heterocycles. The van der Waals surface area contributed by atoms with Crippen LogP contribution in [-0.2, 0) is 16.7 Å². The molecule has 0 N–H and O–H groups in total. The molecule has 0 amide bonds. The van der Waals surface area contributed by atoms with Crippen LogP contribution >= 0.6 is 11.3 Å². The van der Waals surface area contributed by atoms with Crippen molar-refractivity contribution in [1.82, 2.24) is 10.1 Å². The lowest BCUT2D eigenvalue weighted by Gasteiger charge is -2.02. The third-order valence-electron chi connectivity index (χ3n) is 2.02. The van der Waals surface area contributed by atoms with Gasteiger partial charge < -0.3 is 4.55 Å². The minimum Gasteiger partial charge on any atom is -0.748 e. The van der Waals surface area contributed by atoms with E-state index in [2.05, 4.69) is 10.1 Å². The van der Waals surface area contributed by atoms with Crippen molar-refractivity contribution in [3.05, 3.63) is 30.0 Å². The highest BCUT2D eigenvalue weighted by molar-refractivity contribution is 7.85. The van der Waals surface area contributed by atoms with Crippen molar-refractivity contribution < 1.29 is 17.7 Å². The summed E-state index contributed by atoms with van der Waals surface area (Å²) in [5, 5.41) is 6.73. The SMILES string of the molecule is O=S(=O)([O-])CC[n+]1ccc(-c2nccs2)cn1. The van der Waals surface area contributed by atoms with E-state index in [1.165, 1.54) is 16.0 Å². The Morgan fingerprint density at radius 2 is 2.29 bits per heavy atom. The molecule has 2 aromatic rings. The van der Waals surface area contributed by atoms with E-state index in [0.717, 1.165) is 10.6 Å². The van der Waals surface area contributed by atoms with Gasteiger partial charge in [-0.05, 0) is 5.10 Å². The minimum atomic E-state index is -4.20. The van der Waals surface area contributed by atoms with Crippen LogP contribution in [0, 0.1) is 0 Å². The maximum Gasteiger partial charge on any atom is 0.197 e. The number of nitrogens with zero attached hydrogens (tertiary/aromatic N) is 3. The second kappa shape index (κ2) is 4.86. The first-order valence-corrected chi connectivity index (χ1v) is 7.19. The van der Waals surface area contributed by atoms with Gasteiger partial charge in [-0.3, -0.25) is 0 Å². The highest BCUT2D eigenvalue weighted by Gasteiger charge is 2.07. The third kappa shape index (κ3) is 3.55. The molecular weight excluding hydrogens is 262 g/mol. The van der Waals surface area contributed by atoms with Gasteiger partial charge in [0.2, 0.25) is 0 Å². The number of hydrogen-bond donors (Lipinski definition) is 0. The van der Waals surface area contributed by atoms with Crippen LogP contribution in [0.4, 0.5) is 0 Å². The summed E-state index contributed by atoms with van der Waals surface area (Å²) in [6.07, 6.45) is 4.92. The van der Waals surface area contributed by atoms with Crippen LogP contribution in [0.25, 0.3) is 10.6 Å². The van der Waals surface area contributed by atoms with Crippen LogP contribution in [0.15, 0.2) is 30.0 Å². The van der Waals surface area contributed by atoms with Gasteiger partial charge in [0.1, 0.15) is 21.3 Å². The van der Waals surface area contributed by atoms with Crippen LogP contribution < -0.4 is 4.68 Å². The molecule has 0 aliphatic carbocycles. The molecule has 0 aromatic carbocycles. The highest BCUT2D eigenvalue weighted by Crippen LogP contribution is 2.18. The molecule has 0 bridgehead atoms. The van der Waals surface area contributed by atoms with Crippen LogP contribution in [0.2, 0.25) is 0 Å². The second-order valence-corrected chi connectivity index (χ2v) is 5.70. The Balaban J connectivity index is 2.09. The van der Waals surface area contributed by atoms with Crippen molar-refractivity contribution >= 4 is 21.5 Å². The standard InChI is InChI=1S/C9H9N3O3S2/c13-17(14,15)6-4-12-3-1-8(7-11-12)9-10-2-5-16-9/h1-3,5,7H,4,6H2. The molecule has 90 valence electrons. The van der Waals surface area contributed by atoms with Crippen LogP contribution in [0.1, 0.15) is 0 Å². The summed E-state index contributed by atoms with van der Waals surface area (Å²) in [5.74, 6) is -0.457. The quantitative estimate of drug-likeness (QED) is 0.578. The maximum atomic E-state index is 10.5. The molecule has 0 unspecified atom stereocenters. The molecular formula is C9H9N3O3S2. The zero-order valence-corrected chi connectivity index (χ0v) is 10.3. The van der Waals surface area contributed by atoms with Gasteiger partial charge in [-0.25, -0.2) is 13.4 Å². The van der Waals surface area contributed by atoms with Crippen LogP contribution in [-0.4, -0.2) is 28.8 Å².